The molecular formula is C15H21FN2O. The Bertz CT molecular complexity index is 475. The van der Waals surface area contributed by atoms with Gasteiger partial charge in [0, 0.05) is 24.7 Å². The lowest BCUT2D eigenvalue weighted by atomic mass is 10.1. The van der Waals surface area contributed by atoms with Crippen LogP contribution in [-0.2, 0) is 0 Å². The highest BCUT2D eigenvalue weighted by Crippen LogP contribution is 2.28. The van der Waals surface area contributed by atoms with E-state index in [0.29, 0.717) is 11.3 Å². The molecule has 1 fully saturated rings. The van der Waals surface area contributed by atoms with E-state index in [1.54, 1.807) is 12.1 Å². The molecule has 0 N–H and O–H groups in total. The van der Waals surface area contributed by atoms with E-state index in [9.17, 15) is 9.18 Å². The van der Waals surface area contributed by atoms with Crippen LogP contribution in [-0.4, -0.2) is 43.4 Å². The molecule has 4 heteroatoms. The zero-order valence-electron chi connectivity index (χ0n) is 11.8. The lowest BCUT2D eigenvalue weighted by Crippen LogP contribution is -2.39. The minimum atomic E-state index is -0.302. The van der Waals surface area contributed by atoms with Crippen molar-refractivity contribution >= 4 is 11.5 Å². The highest BCUT2D eigenvalue weighted by molar-refractivity contribution is 5.99. The van der Waals surface area contributed by atoms with Crippen molar-refractivity contribution in [2.75, 3.05) is 31.6 Å². The van der Waals surface area contributed by atoms with Gasteiger partial charge in [-0.3, -0.25) is 4.79 Å². The largest absolute Gasteiger partial charge is 0.365 e. The Kier molecular flexibility index (Phi) is 4.20. The molecule has 3 nitrogen and oxygen atoms in total. The normalized spacial score (nSPS) is 21.3. The van der Waals surface area contributed by atoms with Crippen molar-refractivity contribution in [2.45, 2.75) is 26.3 Å². The van der Waals surface area contributed by atoms with E-state index in [2.05, 4.69) is 18.9 Å². The van der Waals surface area contributed by atoms with Crippen molar-refractivity contribution < 1.29 is 9.18 Å². The van der Waals surface area contributed by atoms with Crippen LogP contribution >= 0.6 is 0 Å². The molecular weight excluding hydrogens is 243 g/mol. The first-order valence-electron chi connectivity index (χ1n) is 6.75. The number of carbonyl (C=O) groups is 1. The Morgan fingerprint density at radius 1 is 1.37 bits per heavy atom. The van der Waals surface area contributed by atoms with Gasteiger partial charge >= 0.3 is 0 Å². The van der Waals surface area contributed by atoms with Crippen LogP contribution in [0.15, 0.2) is 18.2 Å². The fourth-order valence-electron chi connectivity index (χ4n) is 2.80. The summed E-state index contributed by atoms with van der Waals surface area (Å²) in [7, 11) is 2.08. The van der Waals surface area contributed by atoms with Crippen LogP contribution < -0.4 is 4.90 Å². The standard InChI is InChI=1S/C15H21FN2O/c1-11-10-17(3)8-5-9-18(11)15-13(12(2)19)6-4-7-14(15)16/h4,6-7,11H,5,8-10H2,1-3H3. The molecule has 1 heterocycles. The first-order chi connectivity index (χ1) is 9.00. The van der Waals surface area contributed by atoms with Gasteiger partial charge in [-0.1, -0.05) is 6.07 Å². The third kappa shape index (κ3) is 2.95. The SMILES string of the molecule is CC(=O)c1cccc(F)c1N1CCCN(C)CC1C. The zero-order valence-corrected chi connectivity index (χ0v) is 11.8. The number of benzene rings is 1. The van der Waals surface area contributed by atoms with Gasteiger partial charge in [0.05, 0.1) is 5.69 Å². The first kappa shape index (κ1) is 14.0. The molecule has 19 heavy (non-hydrogen) atoms. The molecule has 0 radical (unpaired) electrons. The Labute approximate surface area is 114 Å². The molecule has 0 aliphatic carbocycles. The quantitative estimate of drug-likeness (QED) is 0.767. The van der Waals surface area contributed by atoms with Crippen LogP contribution in [0, 0.1) is 5.82 Å². The van der Waals surface area contributed by atoms with E-state index in [1.165, 1.54) is 13.0 Å². The molecule has 0 saturated carbocycles. The van der Waals surface area contributed by atoms with Crippen LogP contribution in [0.25, 0.3) is 0 Å². The molecule has 0 amide bonds. The van der Waals surface area contributed by atoms with Gasteiger partial charge in [-0.2, -0.15) is 0 Å². The second kappa shape index (κ2) is 5.70. The van der Waals surface area contributed by atoms with Crippen LogP contribution in [0.2, 0.25) is 0 Å². The van der Waals surface area contributed by atoms with E-state index >= 15 is 0 Å². The molecule has 1 aliphatic heterocycles. The second-order valence-corrected chi connectivity index (χ2v) is 5.35. The molecule has 104 valence electrons. The Morgan fingerprint density at radius 3 is 2.79 bits per heavy atom. The fraction of sp³-hybridized carbons (Fsp3) is 0.533. The number of Topliss-reactive ketones (excluding diaryl/α,β-unsaturated/α-hetero) is 1. The fourth-order valence-corrected chi connectivity index (χ4v) is 2.80. The number of hydrogen-bond acceptors (Lipinski definition) is 3. The van der Waals surface area contributed by atoms with E-state index in [-0.39, 0.29) is 17.6 Å². The second-order valence-electron chi connectivity index (χ2n) is 5.35. The predicted octanol–water partition coefficient (Wildman–Crippen LogP) is 2.56. The van der Waals surface area contributed by atoms with Crippen LogP contribution in [0.5, 0.6) is 0 Å². The topological polar surface area (TPSA) is 23.6 Å². The molecule has 1 aromatic carbocycles. The van der Waals surface area contributed by atoms with Crippen LogP contribution in [0.4, 0.5) is 10.1 Å². The summed E-state index contributed by atoms with van der Waals surface area (Å²) >= 11 is 0. The molecule has 0 spiro atoms. The first-order valence-corrected chi connectivity index (χ1v) is 6.75. The maximum Gasteiger partial charge on any atom is 0.161 e. The van der Waals surface area contributed by atoms with Crippen LogP contribution in [0.3, 0.4) is 0 Å². The molecule has 1 atom stereocenters. The average molecular weight is 264 g/mol. The van der Waals surface area contributed by atoms with Crippen molar-refractivity contribution in [3.05, 3.63) is 29.6 Å². The van der Waals surface area contributed by atoms with Crippen molar-refractivity contribution in [1.82, 2.24) is 4.90 Å². The summed E-state index contributed by atoms with van der Waals surface area (Å²) in [5, 5.41) is 0. The highest BCUT2D eigenvalue weighted by atomic mass is 19.1. The summed E-state index contributed by atoms with van der Waals surface area (Å²) in [6.45, 7) is 6.24. The van der Waals surface area contributed by atoms with Gasteiger partial charge in [-0.15, -0.1) is 0 Å². The van der Waals surface area contributed by atoms with E-state index in [4.69, 9.17) is 0 Å². The molecule has 0 bridgehead atoms. The van der Waals surface area contributed by atoms with Crippen molar-refractivity contribution in [3.8, 4) is 0 Å². The van der Waals surface area contributed by atoms with E-state index < -0.39 is 0 Å². The smallest absolute Gasteiger partial charge is 0.161 e. The van der Waals surface area contributed by atoms with Crippen molar-refractivity contribution in [3.63, 3.8) is 0 Å². The van der Waals surface area contributed by atoms with Crippen molar-refractivity contribution in [2.24, 2.45) is 0 Å². The monoisotopic (exact) mass is 264 g/mol. The number of hydrogen-bond donors (Lipinski definition) is 0. The number of likely N-dealkylation sites (N-methyl/N-ethyl adjacent to an activating group) is 1. The zero-order chi connectivity index (χ0) is 14.0. The number of halogens is 1. The predicted molar refractivity (Wildman–Crippen MR) is 75.3 cm³/mol. The van der Waals surface area contributed by atoms with Crippen LogP contribution in [0.1, 0.15) is 30.6 Å². The van der Waals surface area contributed by atoms with Gasteiger partial charge in [0.25, 0.3) is 0 Å². The third-order valence-corrected chi connectivity index (χ3v) is 3.70. The number of ketones is 1. The Hall–Kier alpha value is -1.42. The summed E-state index contributed by atoms with van der Waals surface area (Å²) in [6, 6.07) is 4.94. The average Bonchev–Trinajstić information content (AvgIpc) is 2.50. The number of anilines is 1. The summed E-state index contributed by atoms with van der Waals surface area (Å²) < 4.78 is 14.2. The summed E-state index contributed by atoms with van der Waals surface area (Å²) in [5.41, 5.74) is 0.953. The lowest BCUT2D eigenvalue weighted by molar-refractivity contribution is 0.101. The Morgan fingerprint density at radius 2 is 2.11 bits per heavy atom. The molecule has 1 aliphatic rings. The van der Waals surface area contributed by atoms with E-state index in [1.807, 2.05) is 4.90 Å². The maximum absolute atomic E-state index is 14.2. The van der Waals surface area contributed by atoms with Gasteiger partial charge in [0.1, 0.15) is 5.82 Å². The van der Waals surface area contributed by atoms with Gasteiger partial charge in [0.2, 0.25) is 0 Å². The minimum Gasteiger partial charge on any atom is -0.365 e. The maximum atomic E-state index is 14.2. The third-order valence-electron chi connectivity index (χ3n) is 3.70. The summed E-state index contributed by atoms with van der Waals surface area (Å²) in [5.74, 6) is -0.386. The molecule has 1 aromatic rings. The Balaban J connectivity index is 2.42. The van der Waals surface area contributed by atoms with Crippen molar-refractivity contribution in [1.29, 1.82) is 0 Å². The minimum absolute atomic E-state index is 0.0840. The number of rotatable bonds is 2. The van der Waals surface area contributed by atoms with E-state index in [0.717, 1.165) is 26.1 Å². The van der Waals surface area contributed by atoms with Gasteiger partial charge < -0.3 is 9.80 Å². The number of para-hydroxylation sites is 1. The summed E-state index contributed by atoms with van der Waals surface area (Å²) in [4.78, 5) is 16.0. The highest BCUT2D eigenvalue weighted by Gasteiger charge is 2.25. The summed E-state index contributed by atoms with van der Waals surface area (Å²) in [6.07, 6.45) is 0.979. The molecule has 1 saturated heterocycles. The van der Waals surface area contributed by atoms with Gasteiger partial charge in [0.15, 0.2) is 5.78 Å². The number of nitrogens with zero attached hydrogens (tertiary/aromatic N) is 2. The molecule has 2 rings (SSSR count). The molecule has 1 unspecified atom stereocenters. The lowest BCUT2D eigenvalue weighted by Gasteiger charge is -2.31. The number of carbonyl (C=O) groups excluding carboxylic acids is 1. The van der Waals surface area contributed by atoms with Gasteiger partial charge in [-0.25, -0.2) is 4.39 Å². The van der Waals surface area contributed by atoms with Gasteiger partial charge in [-0.05, 0) is 46.0 Å². The molecule has 0 aromatic heterocycles.